The zero-order chi connectivity index (χ0) is 23.3. The Hall–Kier alpha value is -1.25. The van der Waals surface area contributed by atoms with Crippen molar-refractivity contribution in [2.45, 2.75) is 108 Å². The number of aliphatic hydroxyl groups excluding tert-OH is 5. The lowest BCUT2D eigenvalue weighted by Crippen LogP contribution is -2.47. The second kappa shape index (κ2) is 20.6. The predicted octanol–water partition coefficient (Wildman–Crippen LogP) is 2.78. The van der Waals surface area contributed by atoms with Gasteiger partial charge >= 0.3 is 5.97 Å². The Morgan fingerprint density at radius 2 is 1.32 bits per heavy atom. The molecule has 0 saturated carbocycles. The second-order valence-electron chi connectivity index (χ2n) is 7.96. The van der Waals surface area contributed by atoms with Crippen LogP contribution in [-0.4, -0.2) is 69.1 Å². The van der Waals surface area contributed by atoms with Gasteiger partial charge in [0.25, 0.3) is 0 Å². The summed E-state index contributed by atoms with van der Waals surface area (Å²) in [6.07, 6.45) is 14.6. The molecule has 0 aromatic heterocycles. The fourth-order valence-electron chi connectivity index (χ4n) is 2.99. The molecule has 0 aliphatic heterocycles. The number of ether oxygens (including phenoxy) is 1. The van der Waals surface area contributed by atoms with Crippen LogP contribution >= 0.6 is 0 Å². The number of aliphatic hydroxyl groups is 5. The maximum Gasteiger partial charge on any atom is 0.305 e. The van der Waals surface area contributed by atoms with Crippen LogP contribution in [0, 0.1) is 0 Å². The zero-order valence-electron chi connectivity index (χ0n) is 19.1. The predicted molar refractivity (Wildman–Crippen MR) is 121 cm³/mol. The van der Waals surface area contributed by atoms with Crippen molar-refractivity contribution in [1.82, 2.24) is 0 Å². The summed E-state index contributed by atoms with van der Waals surface area (Å²) >= 11 is 0. The van der Waals surface area contributed by atoms with Crippen LogP contribution in [0.2, 0.25) is 0 Å². The molecule has 5 N–H and O–H groups in total. The maximum atomic E-state index is 11.7. The second-order valence-corrected chi connectivity index (χ2v) is 7.96. The SMILES string of the molecule is CCCCC/C=C\C/C=C\CCCCCCCC(=O)OC[C@H](O)[C@@H](O)[C@H](O)[C@H](O)CO. The lowest BCUT2D eigenvalue weighted by atomic mass is 10.0. The first-order valence-electron chi connectivity index (χ1n) is 11.7. The molecule has 0 bridgehead atoms. The highest BCUT2D eigenvalue weighted by molar-refractivity contribution is 5.69. The van der Waals surface area contributed by atoms with E-state index in [0.717, 1.165) is 38.5 Å². The van der Waals surface area contributed by atoms with E-state index >= 15 is 0 Å². The van der Waals surface area contributed by atoms with Gasteiger partial charge in [0.15, 0.2) is 0 Å². The molecule has 0 saturated heterocycles. The first kappa shape index (κ1) is 29.8. The van der Waals surface area contributed by atoms with Gasteiger partial charge < -0.3 is 30.3 Å². The van der Waals surface area contributed by atoms with Crippen molar-refractivity contribution in [3.63, 3.8) is 0 Å². The van der Waals surface area contributed by atoms with Crippen molar-refractivity contribution < 1.29 is 35.1 Å². The minimum Gasteiger partial charge on any atom is -0.463 e. The van der Waals surface area contributed by atoms with Crippen molar-refractivity contribution in [1.29, 1.82) is 0 Å². The summed E-state index contributed by atoms with van der Waals surface area (Å²) in [6.45, 7) is 0.985. The highest BCUT2D eigenvalue weighted by Gasteiger charge is 2.30. The summed E-state index contributed by atoms with van der Waals surface area (Å²) < 4.78 is 4.89. The average Bonchev–Trinajstić information content (AvgIpc) is 2.78. The van der Waals surface area contributed by atoms with E-state index in [2.05, 4.69) is 31.2 Å². The number of carbonyl (C=O) groups is 1. The van der Waals surface area contributed by atoms with Gasteiger partial charge in [-0.2, -0.15) is 0 Å². The Morgan fingerprint density at radius 1 is 0.774 bits per heavy atom. The fraction of sp³-hybridized carbons (Fsp3) is 0.792. The monoisotopic (exact) mass is 444 g/mol. The van der Waals surface area contributed by atoms with Gasteiger partial charge in [-0.05, 0) is 38.5 Å². The van der Waals surface area contributed by atoms with Crippen molar-refractivity contribution in [3.05, 3.63) is 24.3 Å². The average molecular weight is 445 g/mol. The minimum absolute atomic E-state index is 0.231. The molecule has 0 rings (SSSR count). The third kappa shape index (κ3) is 17.0. The number of hydrogen-bond donors (Lipinski definition) is 5. The lowest BCUT2D eigenvalue weighted by molar-refractivity contribution is -0.156. The largest absolute Gasteiger partial charge is 0.463 e. The number of esters is 1. The third-order valence-electron chi connectivity index (χ3n) is 5.07. The number of hydrogen-bond acceptors (Lipinski definition) is 7. The van der Waals surface area contributed by atoms with Crippen molar-refractivity contribution >= 4 is 5.97 Å². The van der Waals surface area contributed by atoms with Crippen LogP contribution in [0.3, 0.4) is 0 Å². The molecule has 0 aliphatic carbocycles. The van der Waals surface area contributed by atoms with Crippen LogP contribution in [-0.2, 0) is 9.53 Å². The standard InChI is InChI=1S/C24H44O7/c1-2-3-4-5-6-7-8-9-10-11-12-13-14-15-16-17-22(28)31-19-21(27)24(30)23(29)20(26)18-25/h6-7,9-10,20-21,23-27,29-30H,2-5,8,11-19H2,1H3/b7-6-,10-9-/t20-,21+,23-,24-/m1/s1. The minimum atomic E-state index is -1.72. The van der Waals surface area contributed by atoms with E-state index in [1.807, 2.05) is 0 Å². The normalized spacial score (nSPS) is 15.9. The van der Waals surface area contributed by atoms with Crippen LogP contribution in [0.4, 0.5) is 0 Å². The van der Waals surface area contributed by atoms with Gasteiger partial charge in [-0.3, -0.25) is 4.79 Å². The number of rotatable bonds is 20. The van der Waals surface area contributed by atoms with Crippen molar-refractivity contribution in [3.8, 4) is 0 Å². The quantitative estimate of drug-likeness (QED) is 0.111. The van der Waals surface area contributed by atoms with Gasteiger partial charge in [-0.15, -0.1) is 0 Å². The molecular formula is C24H44O7. The molecule has 182 valence electrons. The molecule has 7 nitrogen and oxygen atoms in total. The van der Waals surface area contributed by atoms with Crippen LogP contribution < -0.4 is 0 Å². The van der Waals surface area contributed by atoms with E-state index in [1.54, 1.807) is 0 Å². The van der Waals surface area contributed by atoms with E-state index in [0.29, 0.717) is 6.42 Å². The molecule has 0 spiro atoms. The molecule has 0 radical (unpaired) electrons. The van der Waals surface area contributed by atoms with Crippen LogP contribution in [0.5, 0.6) is 0 Å². The van der Waals surface area contributed by atoms with Gasteiger partial charge in [0.05, 0.1) is 6.61 Å². The van der Waals surface area contributed by atoms with E-state index in [1.165, 1.54) is 25.7 Å². The molecule has 0 aliphatic rings. The molecule has 0 amide bonds. The third-order valence-corrected chi connectivity index (χ3v) is 5.07. The summed E-state index contributed by atoms with van der Waals surface area (Å²) in [5.41, 5.74) is 0. The Bertz CT molecular complexity index is 479. The Kier molecular flexibility index (Phi) is 19.8. The molecular weight excluding hydrogens is 400 g/mol. The smallest absolute Gasteiger partial charge is 0.305 e. The van der Waals surface area contributed by atoms with E-state index in [-0.39, 0.29) is 6.42 Å². The van der Waals surface area contributed by atoms with Crippen molar-refractivity contribution in [2.75, 3.05) is 13.2 Å². The maximum absolute atomic E-state index is 11.7. The van der Waals surface area contributed by atoms with Crippen LogP contribution in [0.25, 0.3) is 0 Å². The number of unbranched alkanes of at least 4 members (excludes halogenated alkanes) is 8. The van der Waals surface area contributed by atoms with E-state index in [4.69, 9.17) is 9.84 Å². The van der Waals surface area contributed by atoms with Crippen LogP contribution in [0.15, 0.2) is 24.3 Å². The molecule has 0 heterocycles. The summed E-state index contributed by atoms with van der Waals surface area (Å²) in [6, 6.07) is 0. The lowest BCUT2D eigenvalue weighted by Gasteiger charge is -2.25. The highest BCUT2D eigenvalue weighted by Crippen LogP contribution is 2.10. The first-order chi connectivity index (χ1) is 14.9. The van der Waals surface area contributed by atoms with Crippen molar-refractivity contribution in [2.24, 2.45) is 0 Å². The topological polar surface area (TPSA) is 127 Å². The molecule has 4 atom stereocenters. The van der Waals surface area contributed by atoms with Gasteiger partial charge in [0.2, 0.25) is 0 Å². The summed E-state index contributed by atoms with van der Waals surface area (Å²) in [7, 11) is 0. The van der Waals surface area contributed by atoms with Gasteiger partial charge in [0, 0.05) is 6.42 Å². The highest BCUT2D eigenvalue weighted by atomic mass is 16.5. The molecule has 7 heteroatoms. The molecule has 0 fully saturated rings. The Labute approximate surface area is 187 Å². The first-order valence-corrected chi connectivity index (χ1v) is 11.7. The summed E-state index contributed by atoms with van der Waals surface area (Å²) in [5.74, 6) is -0.478. The molecule has 0 unspecified atom stereocenters. The number of carbonyl (C=O) groups excluding carboxylic acids is 1. The molecule has 0 aromatic rings. The summed E-state index contributed by atoms with van der Waals surface area (Å²) in [5, 5.41) is 46.8. The molecule has 31 heavy (non-hydrogen) atoms. The molecule has 0 aromatic carbocycles. The Balaban J connectivity index is 3.60. The van der Waals surface area contributed by atoms with Gasteiger partial charge in [0.1, 0.15) is 31.0 Å². The zero-order valence-corrected chi connectivity index (χ0v) is 19.1. The van der Waals surface area contributed by atoms with E-state index in [9.17, 15) is 25.2 Å². The van der Waals surface area contributed by atoms with Gasteiger partial charge in [-0.1, -0.05) is 63.3 Å². The fourth-order valence-corrected chi connectivity index (χ4v) is 2.99. The van der Waals surface area contributed by atoms with Gasteiger partial charge in [-0.25, -0.2) is 0 Å². The van der Waals surface area contributed by atoms with E-state index < -0.39 is 43.6 Å². The Morgan fingerprint density at radius 3 is 1.94 bits per heavy atom. The van der Waals surface area contributed by atoms with Crippen LogP contribution in [0.1, 0.15) is 84.0 Å². The number of allylic oxidation sites excluding steroid dienone is 4. The summed E-state index contributed by atoms with van der Waals surface area (Å²) in [4.78, 5) is 11.7.